The van der Waals surface area contributed by atoms with Gasteiger partial charge in [0.25, 0.3) is 0 Å². The van der Waals surface area contributed by atoms with Gasteiger partial charge >= 0.3 is 5.97 Å². The molecule has 1 heterocycles. The number of nitriles is 1. The average molecular weight is 462 g/mol. The molecule has 0 fully saturated rings. The van der Waals surface area contributed by atoms with Gasteiger partial charge in [0.1, 0.15) is 11.4 Å². The van der Waals surface area contributed by atoms with Gasteiger partial charge in [0.05, 0.1) is 29.4 Å². The van der Waals surface area contributed by atoms with Crippen molar-refractivity contribution in [3.63, 3.8) is 0 Å². The molecule has 6 nitrogen and oxygen atoms in total. The maximum absolute atomic E-state index is 12.0. The number of nitrogens with one attached hydrogen (secondary N) is 2. The number of rotatable bonds is 8. The lowest BCUT2D eigenvalue weighted by atomic mass is 10.0. The highest BCUT2D eigenvalue weighted by Crippen LogP contribution is 2.32. The zero-order valence-corrected chi connectivity index (χ0v) is 18.9. The maximum atomic E-state index is 12.0. The Morgan fingerprint density at radius 3 is 2.60 bits per heavy atom. The van der Waals surface area contributed by atoms with Crippen molar-refractivity contribution in [3.05, 3.63) is 102 Å². The van der Waals surface area contributed by atoms with Crippen molar-refractivity contribution in [2.45, 2.75) is 12.8 Å². The zero-order chi connectivity index (χ0) is 24.2. The molecule has 0 spiro atoms. The Balaban J connectivity index is 1.37. The molecule has 172 valence electrons. The van der Waals surface area contributed by atoms with Crippen molar-refractivity contribution in [2.75, 3.05) is 11.9 Å². The van der Waals surface area contributed by atoms with Gasteiger partial charge in [0.15, 0.2) is 0 Å². The van der Waals surface area contributed by atoms with Crippen molar-refractivity contribution in [1.82, 2.24) is 4.98 Å². The number of hydrogen-bond acceptors (Lipinski definition) is 4. The number of nitrogens with zero attached hydrogens (tertiary/aromatic N) is 1. The molecule has 1 aromatic heterocycles. The summed E-state index contributed by atoms with van der Waals surface area (Å²) in [5, 5.41) is 25.4. The van der Waals surface area contributed by atoms with Crippen LogP contribution in [0.5, 0.6) is 5.75 Å². The van der Waals surface area contributed by atoms with Crippen LogP contribution in [0.4, 0.5) is 11.4 Å². The zero-order valence-electron chi connectivity index (χ0n) is 18.9. The van der Waals surface area contributed by atoms with Crippen LogP contribution >= 0.6 is 0 Å². The number of carboxylic acid groups (broad SMARTS) is 1. The van der Waals surface area contributed by atoms with Crippen molar-refractivity contribution in [1.29, 1.82) is 5.26 Å². The second kappa shape index (κ2) is 9.62. The fourth-order valence-corrected chi connectivity index (χ4v) is 4.39. The molecule has 0 aliphatic carbocycles. The molecule has 0 bridgehead atoms. The first kappa shape index (κ1) is 22.1. The quantitative estimate of drug-likeness (QED) is 0.225. The van der Waals surface area contributed by atoms with E-state index in [0.29, 0.717) is 25.0 Å². The Hall–Kier alpha value is -4.76. The number of ether oxygens (including phenoxy) is 1. The summed E-state index contributed by atoms with van der Waals surface area (Å²) in [6.07, 6.45) is 1.22. The minimum absolute atomic E-state index is 0.185. The Morgan fingerprint density at radius 1 is 0.971 bits per heavy atom. The van der Waals surface area contributed by atoms with E-state index in [1.54, 1.807) is 18.2 Å². The summed E-state index contributed by atoms with van der Waals surface area (Å²) in [6, 6.07) is 29.1. The molecule has 0 saturated carbocycles. The summed E-state index contributed by atoms with van der Waals surface area (Å²) in [4.78, 5) is 15.1. The molecule has 3 N–H and O–H groups in total. The van der Waals surface area contributed by atoms with Gasteiger partial charge in [-0.25, -0.2) is 4.79 Å². The third-order valence-electron chi connectivity index (χ3n) is 6.00. The number of carboxylic acids is 1. The van der Waals surface area contributed by atoms with Crippen LogP contribution in [0.3, 0.4) is 0 Å². The number of fused-ring (bicyclic) bond motifs is 2. The van der Waals surface area contributed by atoms with Crippen LogP contribution in [-0.2, 0) is 6.42 Å². The molecule has 0 aliphatic heterocycles. The highest BCUT2D eigenvalue weighted by atomic mass is 16.5. The minimum atomic E-state index is -0.997. The molecule has 5 aromatic rings. The van der Waals surface area contributed by atoms with Crippen LogP contribution in [-0.4, -0.2) is 22.7 Å². The summed E-state index contributed by atoms with van der Waals surface area (Å²) >= 11 is 0. The molecule has 0 aliphatic rings. The predicted octanol–water partition coefficient (Wildman–Crippen LogP) is 6.65. The van der Waals surface area contributed by atoms with E-state index in [-0.39, 0.29) is 5.69 Å². The number of carbonyl (C=O) groups is 1. The number of para-hydroxylation sites is 1. The van der Waals surface area contributed by atoms with Gasteiger partial charge in [-0.15, -0.1) is 0 Å². The van der Waals surface area contributed by atoms with E-state index in [1.807, 2.05) is 54.6 Å². The first-order valence-corrected chi connectivity index (χ1v) is 11.4. The van der Waals surface area contributed by atoms with E-state index >= 15 is 0 Å². The number of aryl methyl sites for hydroxylation is 1. The number of hydrogen-bond donors (Lipinski definition) is 3. The van der Waals surface area contributed by atoms with Crippen LogP contribution in [0.25, 0.3) is 21.7 Å². The van der Waals surface area contributed by atoms with Crippen LogP contribution in [0.15, 0.2) is 84.9 Å². The fraction of sp³-hybridized carbons (Fsp3) is 0.103. The van der Waals surface area contributed by atoms with Crippen molar-refractivity contribution < 1.29 is 14.6 Å². The molecule has 0 saturated heterocycles. The Morgan fingerprint density at radius 2 is 1.74 bits per heavy atom. The summed E-state index contributed by atoms with van der Waals surface area (Å²) in [7, 11) is 0. The number of aromatic amines is 1. The van der Waals surface area contributed by atoms with Gasteiger partial charge in [0.2, 0.25) is 0 Å². The number of H-pyrrole nitrogens is 1. The van der Waals surface area contributed by atoms with Gasteiger partial charge < -0.3 is 20.1 Å². The highest BCUT2D eigenvalue weighted by Gasteiger charge is 2.18. The second-order valence-corrected chi connectivity index (χ2v) is 8.26. The van der Waals surface area contributed by atoms with E-state index in [1.165, 1.54) is 0 Å². The predicted molar refractivity (Wildman–Crippen MR) is 137 cm³/mol. The van der Waals surface area contributed by atoms with Gasteiger partial charge in [0, 0.05) is 16.5 Å². The van der Waals surface area contributed by atoms with E-state index in [9.17, 15) is 9.90 Å². The first-order valence-electron chi connectivity index (χ1n) is 11.4. The van der Waals surface area contributed by atoms with E-state index in [4.69, 9.17) is 10.00 Å². The third kappa shape index (κ3) is 4.53. The first-order chi connectivity index (χ1) is 17.1. The van der Waals surface area contributed by atoms with E-state index in [2.05, 4.69) is 28.5 Å². The minimum Gasteiger partial charge on any atom is -0.493 e. The molecule has 5 rings (SSSR count). The van der Waals surface area contributed by atoms with Gasteiger partial charge in [-0.3, -0.25) is 0 Å². The van der Waals surface area contributed by atoms with Crippen LogP contribution in [0.1, 0.15) is 28.0 Å². The number of benzene rings is 4. The maximum Gasteiger partial charge on any atom is 0.352 e. The normalized spacial score (nSPS) is 10.8. The van der Waals surface area contributed by atoms with Crippen molar-refractivity contribution in [3.8, 4) is 11.8 Å². The average Bonchev–Trinajstić information content (AvgIpc) is 3.27. The van der Waals surface area contributed by atoms with Gasteiger partial charge in [-0.1, -0.05) is 54.6 Å². The molecule has 0 amide bonds. The summed E-state index contributed by atoms with van der Waals surface area (Å²) in [5.41, 5.74) is 3.71. The lowest BCUT2D eigenvalue weighted by Crippen LogP contribution is -2.04. The summed E-state index contributed by atoms with van der Waals surface area (Å²) in [6.45, 7) is 0.471. The Labute approximate surface area is 202 Å². The van der Waals surface area contributed by atoms with Crippen LogP contribution < -0.4 is 10.1 Å². The lowest BCUT2D eigenvalue weighted by Gasteiger charge is -2.10. The second-order valence-electron chi connectivity index (χ2n) is 8.26. The molecular weight excluding hydrogens is 438 g/mol. The molecule has 35 heavy (non-hydrogen) atoms. The molecule has 4 aromatic carbocycles. The lowest BCUT2D eigenvalue weighted by molar-refractivity contribution is 0.0690. The molecule has 6 heteroatoms. The Bertz CT molecular complexity index is 1570. The fourth-order valence-electron chi connectivity index (χ4n) is 4.39. The van der Waals surface area contributed by atoms with Gasteiger partial charge in [-0.2, -0.15) is 5.26 Å². The topological polar surface area (TPSA) is 98.1 Å². The van der Waals surface area contributed by atoms with E-state index in [0.717, 1.165) is 44.4 Å². The molecule has 0 radical (unpaired) electrons. The summed E-state index contributed by atoms with van der Waals surface area (Å²) in [5.74, 6) is -0.171. The standard InChI is InChI=1S/C29H23N3O3/c30-18-19-7-3-10-21(17-19)31-25-14-5-12-23-24(28(29(33)34)32-27(23)25)13-6-16-35-26-15-4-9-20-8-1-2-11-22(20)26/h1-5,7-12,14-15,17,31-32H,6,13,16H2,(H,33,34). The Kier molecular flexibility index (Phi) is 6.06. The summed E-state index contributed by atoms with van der Waals surface area (Å²) < 4.78 is 6.06. The largest absolute Gasteiger partial charge is 0.493 e. The highest BCUT2D eigenvalue weighted by molar-refractivity contribution is 6.02. The van der Waals surface area contributed by atoms with Crippen molar-refractivity contribution in [2.24, 2.45) is 0 Å². The van der Waals surface area contributed by atoms with Gasteiger partial charge in [-0.05, 0) is 54.1 Å². The monoisotopic (exact) mass is 461 g/mol. The van der Waals surface area contributed by atoms with E-state index < -0.39 is 5.97 Å². The third-order valence-corrected chi connectivity index (χ3v) is 6.00. The smallest absolute Gasteiger partial charge is 0.352 e. The molecule has 0 unspecified atom stereocenters. The number of aromatic nitrogens is 1. The van der Waals surface area contributed by atoms with Crippen LogP contribution in [0, 0.1) is 11.3 Å². The van der Waals surface area contributed by atoms with Crippen molar-refractivity contribution >= 4 is 39.0 Å². The SMILES string of the molecule is N#Cc1cccc(Nc2cccc3c(CCCOc4cccc5ccccc45)c(C(=O)O)[nH]c23)c1. The van der Waals surface area contributed by atoms with Crippen LogP contribution in [0.2, 0.25) is 0 Å². The number of anilines is 2. The number of aromatic carboxylic acids is 1. The molecular formula is C29H23N3O3. The molecule has 0 atom stereocenters.